The molecule has 0 fully saturated rings. The van der Waals surface area contributed by atoms with E-state index in [-0.39, 0.29) is 0 Å². The Kier molecular flexibility index (Phi) is 4.65. The maximum Gasteiger partial charge on any atom is 0.159 e. The monoisotopic (exact) mass is 161 g/mol. The van der Waals surface area contributed by atoms with Crippen LogP contribution in [0, 0.1) is 5.92 Å². The molecular formula is C8H19NO2. The summed E-state index contributed by atoms with van der Waals surface area (Å²) in [5, 5.41) is 9.18. The largest absolute Gasteiger partial charge is 0.366 e. The van der Waals surface area contributed by atoms with Crippen LogP contribution in [0.4, 0.5) is 0 Å². The standard InChI is InChI=1S/C8H19NO2/c1-7(4-5-9)6-11-8(2,3)10/h7,10H,4-6,9H2,1-3H3. The van der Waals surface area contributed by atoms with Gasteiger partial charge in [-0.2, -0.15) is 0 Å². The van der Waals surface area contributed by atoms with E-state index in [9.17, 15) is 5.11 Å². The number of aliphatic hydroxyl groups is 1. The first-order chi connectivity index (χ1) is 4.95. The van der Waals surface area contributed by atoms with Crippen LogP contribution in [0.25, 0.3) is 0 Å². The lowest BCUT2D eigenvalue weighted by Crippen LogP contribution is -2.26. The second-order valence-electron chi connectivity index (χ2n) is 3.44. The fourth-order valence-corrected chi connectivity index (χ4v) is 0.714. The number of rotatable bonds is 5. The van der Waals surface area contributed by atoms with Gasteiger partial charge in [0.2, 0.25) is 0 Å². The van der Waals surface area contributed by atoms with Gasteiger partial charge in [-0.3, -0.25) is 0 Å². The minimum atomic E-state index is -1.01. The summed E-state index contributed by atoms with van der Waals surface area (Å²) >= 11 is 0. The van der Waals surface area contributed by atoms with Gasteiger partial charge in [-0.25, -0.2) is 0 Å². The molecule has 0 aromatic rings. The number of hydrogen-bond acceptors (Lipinski definition) is 3. The van der Waals surface area contributed by atoms with E-state index in [1.165, 1.54) is 0 Å². The van der Waals surface area contributed by atoms with E-state index in [0.29, 0.717) is 19.1 Å². The van der Waals surface area contributed by atoms with Gasteiger partial charge >= 0.3 is 0 Å². The van der Waals surface area contributed by atoms with Crippen molar-refractivity contribution >= 4 is 0 Å². The molecule has 0 aliphatic carbocycles. The van der Waals surface area contributed by atoms with E-state index in [2.05, 4.69) is 6.92 Å². The molecule has 3 nitrogen and oxygen atoms in total. The maximum atomic E-state index is 9.18. The molecule has 3 heteroatoms. The highest BCUT2D eigenvalue weighted by molar-refractivity contribution is 4.55. The Bertz CT molecular complexity index is 98.8. The number of hydrogen-bond donors (Lipinski definition) is 2. The Hall–Kier alpha value is -0.120. The second kappa shape index (κ2) is 4.70. The third-order valence-electron chi connectivity index (χ3n) is 1.38. The van der Waals surface area contributed by atoms with Crippen LogP contribution in [0.5, 0.6) is 0 Å². The van der Waals surface area contributed by atoms with E-state index in [1.807, 2.05) is 0 Å². The van der Waals surface area contributed by atoms with Gasteiger partial charge in [0.05, 0.1) is 6.61 Å². The minimum absolute atomic E-state index is 0.423. The smallest absolute Gasteiger partial charge is 0.159 e. The van der Waals surface area contributed by atoms with Crippen molar-refractivity contribution in [3.05, 3.63) is 0 Å². The Balaban J connectivity index is 3.38. The Morgan fingerprint density at radius 2 is 2.09 bits per heavy atom. The molecule has 0 aliphatic rings. The van der Waals surface area contributed by atoms with Crippen LogP contribution in [0.15, 0.2) is 0 Å². The number of nitrogens with two attached hydrogens (primary N) is 1. The summed E-state index contributed by atoms with van der Waals surface area (Å²) in [6.07, 6.45) is 0.941. The Labute approximate surface area is 68.5 Å². The molecule has 0 amide bonds. The molecule has 11 heavy (non-hydrogen) atoms. The van der Waals surface area contributed by atoms with Crippen LogP contribution in [0.1, 0.15) is 27.2 Å². The van der Waals surface area contributed by atoms with Crippen LogP contribution in [-0.2, 0) is 4.74 Å². The Morgan fingerprint density at radius 1 is 1.55 bits per heavy atom. The zero-order valence-corrected chi connectivity index (χ0v) is 7.63. The first-order valence-corrected chi connectivity index (χ1v) is 4.02. The molecule has 0 heterocycles. The molecule has 0 spiro atoms. The van der Waals surface area contributed by atoms with Crippen LogP contribution in [0.2, 0.25) is 0 Å². The van der Waals surface area contributed by atoms with E-state index in [1.54, 1.807) is 13.8 Å². The predicted molar refractivity (Wildman–Crippen MR) is 45.1 cm³/mol. The molecule has 0 aliphatic heterocycles. The molecule has 1 atom stereocenters. The quantitative estimate of drug-likeness (QED) is 0.584. The van der Waals surface area contributed by atoms with Crippen molar-refractivity contribution in [3.8, 4) is 0 Å². The van der Waals surface area contributed by atoms with Gasteiger partial charge in [0.15, 0.2) is 5.79 Å². The van der Waals surface area contributed by atoms with Gasteiger partial charge < -0.3 is 15.6 Å². The van der Waals surface area contributed by atoms with Gasteiger partial charge in [0, 0.05) is 0 Å². The third-order valence-corrected chi connectivity index (χ3v) is 1.38. The molecular weight excluding hydrogens is 142 g/mol. The van der Waals surface area contributed by atoms with Crippen molar-refractivity contribution in [2.75, 3.05) is 13.2 Å². The average molecular weight is 161 g/mol. The molecule has 0 saturated heterocycles. The van der Waals surface area contributed by atoms with Crippen molar-refractivity contribution in [3.63, 3.8) is 0 Å². The summed E-state index contributed by atoms with van der Waals surface area (Å²) in [6.45, 7) is 6.56. The summed E-state index contributed by atoms with van der Waals surface area (Å²) in [4.78, 5) is 0. The maximum absolute atomic E-state index is 9.18. The van der Waals surface area contributed by atoms with Crippen molar-refractivity contribution in [1.82, 2.24) is 0 Å². The minimum Gasteiger partial charge on any atom is -0.366 e. The third kappa shape index (κ3) is 7.78. The molecule has 0 aromatic carbocycles. The summed E-state index contributed by atoms with van der Waals surface area (Å²) < 4.78 is 5.14. The fraction of sp³-hybridized carbons (Fsp3) is 1.00. The first kappa shape index (κ1) is 10.9. The van der Waals surface area contributed by atoms with Gasteiger partial charge in [-0.15, -0.1) is 0 Å². The highest BCUT2D eigenvalue weighted by Gasteiger charge is 2.13. The van der Waals surface area contributed by atoms with E-state index >= 15 is 0 Å². The van der Waals surface area contributed by atoms with Gasteiger partial charge in [0.1, 0.15) is 0 Å². The van der Waals surface area contributed by atoms with E-state index in [4.69, 9.17) is 10.5 Å². The van der Waals surface area contributed by atoms with Crippen LogP contribution in [0.3, 0.4) is 0 Å². The van der Waals surface area contributed by atoms with Crippen LogP contribution in [-0.4, -0.2) is 24.0 Å². The Morgan fingerprint density at radius 3 is 2.45 bits per heavy atom. The molecule has 0 bridgehead atoms. The molecule has 3 N–H and O–H groups in total. The van der Waals surface area contributed by atoms with Gasteiger partial charge in [0.25, 0.3) is 0 Å². The topological polar surface area (TPSA) is 55.5 Å². The molecule has 68 valence electrons. The number of ether oxygens (including phenoxy) is 1. The van der Waals surface area contributed by atoms with Gasteiger partial charge in [-0.05, 0) is 32.7 Å². The molecule has 0 radical (unpaired) electrons. The van der Waals surface area contributed by atoms with E-state index < -0.39 is 5.79 Å². The molecule has 1 unspecified atom stereocenters. The molecule has 0 rings (SSSR count). The van der Waals surface area contributed by atoms with Crippen molar-refractivity contribution in [2.24, 2.45) is 11.7 Å². The zero-order chi connectivity index (χ0) is 8.91. The first-order valence-electron chi connectivity index (χ1n) is 4.02. The lowest BCUT2D eigenvalue weighted by atomic mass is 10.1. The molecule has 0 saturated carbocycles. The highest BCUT2D eigenvalue weighted by Crippen LogP contribution is 2.08. The predicted octanol–water partition coefficient (Wildman–Crippen LogP) is 0.716. The summed E-state index contributed by atoms with van der Waals surface area (Å²) in [5.41, 5.74) is 5.35. The second-order valence-corrected chi connectivity index (χ2v) is 3.44. The van der Waals surface area contributed by atoms with Gasteiger partial charge in [-0.1, -0.05) is 6.92 Å². The summed E-state index contributed by atoms with van der Waals surface area (Å²) in [6, 6.07) is 0. The SMILES string of the molecule is CC(CCN)COC(C)(C)O. The van der Waals surface area contributed by atoms with Crippen molar-refractivity contribution in [2.45, 2.75) is 33.0 Å². The van der Waals surface area contributed by atoms with Crippen molar-refractivity contribution in [1.29, 1.82) is 0 Å². The lowest BCUT2D eigenvalue weighted by molar-refractivity contribution is -0.182. The molecule has 0 aromatic heterocycles. The summed E-state index contributed by atoms with van der Waals surface area (Å²) in [5.74, 6) is -0.588. The van der Waals surface area contributed by atoms with Crippen LogP contribution >= 0.6 is 0 Å². The van der Waals surface area contributed by atoms with Crippen LogP contribution < -0.4 is 5.73 Å². The average Bonchev–Trinajstić information content (AvgIpc) is 1.83. The van der Waals surface area contributed by atoms with Crippen molar-refractivity contribution < 1.29 is 9.84 Å². The summed E-state index contributed by atoms with van der Waals surface area (Å²) in [7, 11) is 0. The highest BCUT2D eigenvalue weighted by atomic mass is 16.6. The zero-order valence-electron chi connectivity index (χ0n) is 7.63. The lowest BCUT2D eigenvalue weighted by Gasteiger charge is -2.20. The van der Waals surface area contributed by atoms with E-state index in [0.717, 1.165) is 6.42 Å². The fourth-order valence-electron chi connectivity index (χ4n) is 0.714. The normalized spacial score (nSPS) is 15.0.